The fourth-order valence-electron chi connectivity index (χ4n) is 4.39. The summed E-state index contributed by atoms with van der Waals surface area (Å²) in [4.78, 5) is 22.9. The van der Waals surface area contributed by atoms with E-state index >= 15 is 0 Å². The Hall–Kier alpha value is -4.79. The number of ether oxygens (including phenoxy) is 2. The van der Waals surface area contributed by atoms with E-state index in [1.54, 1.807) is 0 Å². The van der Waals surface area contributed by atoms with Gasteiger partial charge in [-0.3, -0.25) is 4.79 Å². The Bertz CT molecular complexity index is 1770. The molecule has 16 heteroatoms. The van der Waals surface area contributed by atoms with Gasteiger partial charge < -0.3 is 14.6 Å². The van der Waals surface area contributed by atoms with E-state index in [1.807, 2.05) is 0 Å². The topological polar surface area (TPSA) is 72.8 Å². The molecule has 0 saturated heterocycles. The van der Waals surface area contributed by atoms with Gasteiger partial charge in [0.15, 0.2) is 23.3 Å². The summed E-state index contributed by atoms with van der Waals surface area (Å²) >= 11 is 5.38. The van der Waals surface area contributed by atoms with Gasteiger partial charge in [0.1, 0.15) is 28.6 Å². The van der Waals surface area contributed by atoms with Gasteiger partial charge in [-0.15, -0.1) is 0 Å². The zero-order valence-electron chi connectivity index (χ0n) is 24.9. The second kappa shape index (κ2) is 14.1. The van der Waals surface area contributed by atoms with E-state index < -0.39 is 86.0 Å². The molecular weight excluding hydrogens is 690 g/mol. The van der Waals surface area contributed by atoms with Gasteiger partial charge in [-0.05, 0) is 99.0 Å². The molecule has 4 aromatic carbocycles. The molecule has 0 saturated carbocycles. The van der Waals surface area contributed by atoms with Crippen molar-refractivity contribution in [2.24, 2.45) is 0 Å². The number of benzene rings is 4. The molecule has 0 heterocycles. The lowest BCUT2D eigenvalue weighted by atomic mass is 10.0. The fourth-order valence-corrected chi connectivity index (χ4v) is 4.63. The maximum absolute atomic E-state index is 13.6. The van der Waals surface area contributed by atoms with Crippen molar-refractivity contribution in [1.29, 1.82) is 0 Å². The molecule has 0 aliphatic rings. The number of carbonyl (C=O) groups excluding carboxylic acids is 1. The van der Waals surface area contributed by atoms with E-state index in [-0.39, 0.29) is 28.4 Å². The van der Waals surface area contributed by atoms with E-state index in [1.165, 1.54) is 13.8 Å². The van der Waals surface area contributed by atoms with E-state index in [4.69, 9.17) is 21.1 Å². The SMILES string of the molecule is Cc1c(Oc2ccc(C(F)(F)F)c(C)c2C(=O)Cl)ccc(F)c1F.Cc1c(Oc2ccc(C(F)(F)F)c(C)c2C(=O)O)ccc(F)c1F. The number of hydrogen-bond donors (Lipinski definition) is 1. The van der Waals surface area contributed by atoms with Gasteiger partial charge in [0, 0.05) is 11.1 Å². The molecule has 0 spiro atoms. The second-order valence-corrected chi connectivity index (χ2v) is 10.3. The molecule has 0 aliphatic heterocycles. The zero-order valence-corrected chi connectivity index (χ0v) is 25.6. The zero-order chi connectivity index (χ0) is 36.5. The molecular formula is C32H21ClF10O5. The predicted molar refractivity (Wildman–Crippen MR) is 152 cm³/mol. The minimum Gasteiger partial charge on any atom is -0.478 e. The van der Waals surface area contributed by atoms with E-state index in [9.17, 15) is 58.6 Å². The molecule has 0 amide bonds. The summed E-state index contributed by atoms with van der Waals surface area (Å²) in [5, 5.41) is 8.04. The van der Waals surface area contributed by atoms with Crippen molar-refractivity contribution < 1.29 is 68.1 Å². The van der Waals surface area contributed by atoms with Crippen molar-refractivity contribution >= 4 is 22.8 Å². The first-order valence-corrected chi connectivity index (χ1v) is 13.5. The Labute approximate surface area is 270 Å². The molecule has 0 aliphatic carbocycles. The van der Waals surface area contributed by atoms with Gasteiger partial charge in [-0.2, -0.15) is 26.3 Å². The summed E-state index contributed by atoms with van der Waals surface area (Å²) < 4.78 is 141. The quantitative estimate of drug-likeness (QED) is 0.159. The van der Waals surface area contributed by atoms with Crippen LogP contribution < -0.4 is 9.47 Å². The highest BCUT2D eigenvalue weighted by Crippen LogP contribution is 2.40. The molecule has 1 N–H and O–H groups in total. The standard InChI is InChI=1S/C16H10ClF5O2.C16H11F5O3/c1-7-9(16(20,21)22)3-5-12(13(7)15(17)23)24-11-6-4-10(18)14(19)8(11)2;1-7-9(16(19,20)21)3-5-12(13(7)15(22)23)24-11-6-4-10(17)14(18)8(11)2/h3-6H,1-2H3;3-6H,1-2H3,(H,22,23). The van der Waals surface area contributed by atoms with Gasteiger partial charge in [-0.25, -0.2) is 22.4 Å². The number of halogens is 11. The smallest absolute Gasteiger partial charge is 0.416 e. The summed E-state index contributed by atoms with van der Waals surface area (Å²) in [5.41, 5.74) is -4.72. The summed E-state index contributed by atoms with van der Waals surface area (Å²) in [6, 6.07) is 6.88. The van der Waals surface area contributed by atoms with Gasteiger partial charge in [0.05, 0.1) is 16.7 Å². The van der Waals surface area contributed by atoms with Crippen LogP contribution in [-0.4, -0.2) is 16.3 Å². The van der Waals surface area contributed by atoms with Crippen LogP contribution in [0.5, 0.6) is 23.0 Å². The largest absolute Gasteiger partial charge is 0.478 e. The average molecular weight is 711 g/mol. The summed E-state index contributed by atoms with van der Waals surface area (Å²) in [7, 11) is 0. The van der Waals surface area contributed by atoms with Crippen LogP contribution in [-0.2, 0) is 12.4 Å². The van der Waals surface area contributed by atoms with Crippen LogP contribution in [0.15, 0.2) is 48.5 Å². The minimum atomic E-state index is -4.73. The first-order valence-electron chi connectivity index (χ1n) is 13.2. The Morgan fingerprint density at radius 3 is 1.23 bits per heavy atom. The molecule has 48 heavy (non-hydrogen) atoms. The summed E-state index contributed by atoms with van der Waals surface area (Å²) in [5.74, 6) is -7.23. The monoisotopic (exact) mass is 710 g/mol. The molecule has 0 unspecified atom stereocenters. The first kappa shape index (κ1) is 37.7. The van der Waals surface area contributed by atoms with Gasteiger partial charge in [0.25, 0.3) is 5.24 Å². The molecule has 0 bridgehead atoms. The Morgan fingerprint density at radius 2 is 0.896 bits per heavy atom. The highest BCUT2D eigenvalue weighted by molar-refractivity contribution is 6.68. The molecule has 0 atom stereocenters. The van der Waals surface area contributed by atoms with Crippen molar-refractivity contribution in [1.82, 2.24) is 0 Å². The summed E-state index contributed by atoms with van der Waals surface area (Å²) in [6.07, 6.45) is -9.41. The maximum atomic E-state index is 13.6. The van der Waals surface area contributed by atoms with E-state index in [0.717, 1.165) is 56.3 Å². The number of carbonyl (C=O) groups is 2. The molecule has 4 aromatic rings. The Morgan fingerprint density at radius 1 is 0.562 bits per heavy atom. The van der Waals surface area contributed by atoms with Crippen molar-refractivity contribution in [2.45, 2.75) is 40.0 Å². The minimum absolute atomic E-state index is 0.146. The Kier molecular flexibility index (Phi) is 11.1. The molecule has 256 valence electrons. The third-order valence-corrected chi connectivity index (χ3v) is 7.08. The van der Waals surface area contributed by atoms with Crippen LogP contribution >= 0.6 is 11.6 Å². The fraction of sp³-hybridized carbons (Fsp3) is 0.188. The number of carboxylic acids is 1. The Balaban J connectivity index is 0.000000260. The number of rotatable bonds is 6. The first-order chi connectivity index (χ1) is 22.1. The van der Waals surface area contributed by atoms with Crippen molar-refractivity contribution in [3.05, 3.63) is 116 Å². The lowest BCUT2D eigenvalue weighted by Gasteiger charge is -2.17. The highest BCUT2D eigenvalue weighted by Gasteiger charge is 2.36. The molecule has 4 rings (SSSR count). The number of alkyl halides is 6. The van der Waals surface area contributed by atoms with Gasteiger partial charge in [0.2, 0.25) is 0 Å². The van der Waals surface area contributed by atoms with Crippen LogP contribution in [0.4, 0.5) is 43.9 Å². The van der Waals surface area contributed by atoms with E-state index in [2.05, 4.69) is 0 Å². The lowest BCUT2D eigenvalue weighted by Crippen LogP contribution is -2.12. The predicted octanol–water partition coefficient (Wildman–Crippen LogP) is 10.9. The molecule has 5 nitrogen and oxygen atoms in total. The number of hydrogen-bond acceptors (Lipinski definition) is 4. The maximum Gasteiger partial charge on any atom is 0.416 e. The van der Waals surface area contributed by atoms with Crippen LogP contribution in [0.25, 0.3) is 0 Å². The molecule has 0 fully saturated rings. The van der Waals surface area contributed by atoms with Gasteiger partial charge >= 0.3 is 18.3 Å². The third kappa shape index (κ3) is 8.01. The highest BCUT2D eigenvalue weighted by atomic mass is 35.5. The van der Waals surface area contributed by atoms with E-state index in [0.29, 0.717) is 6.07 Å². The van der Waals surface area contributed by atoms with Crippen molar-refractivity contribution in [3.63, 3.8) is 0 Å². The normalized spacial score (nSPS) is 11.5. The van der Waals surface area contributed by atoms with Crippen LogP contribution in [0, 0.1) is 51.0 Å². The average Bonchev–Trinajstić information content (AvgIpc) is 2.96. The van der Waals surface area contributed by atoms with Crippen molar-refractivity contribution in [3.8, 4) is 23.0 Å². The molecule has 0 radical (unpaired) electrons. The lowest BCUT2D eigenvalue weighted by molar-refractivity contribution is -0.138. The summed E-state index contributed by atoms with van der Waals surface area (Å²) in [6.45, 7) is 4.50. The molecule has 0 aromatic heterocycles. The van der Waals surface area contributed by atoms with Crippen molar-refractivity contribution in [2.75, 3.05) is 0 Å². The number of aromatic carboxylic acids is 1. The second-order valence-electron chi connectivity index (χ2n) is 9.97. The van der Waals surface area contributed by atoms with Crippen LogP contribution in [0.3, 0.4) is 0 Å². The van der Waals surface area contributed by atoms with Crippen LogP contribution in [0.2, 0.25) is 0 Å². The van der Waals surface area contributed by atoms with Crippen LogP contribution in [0.1, 0.15) is 54.1 Å². The van der Waals surface area contributed by atoms with Gasteiger partial charge in [-0.1, -0.05) is 0 Å². The number of carboxylic acid groups (broad SMARTS) is 1. The third-order valence-electron chi connectivity index (χ3n) is 6.89.